The molecular formula is C33H42Cl2N2O4. The van der Waals surface area contributed by atoms with Crippen LogP contribution in [0.25, 0.3) is 0 Å². The van der Waals surface area contributed by atoms with Crippen LogP contribution in [0.15, 0.2) is 61.2 Å². The lowest BCUT2D eigenvalue weighted by atomic mass is 9.67. The summed E-state index contributed by atoms with van der Waals surface area (Å²) in [5.74, 6) is 0.0117. The quantitative estimate of drug-likeness (QED) is 0.302. The molecule has 222 valence electrons. The summed E-state index contributed by atoms with van der Waals surface area (Å²) in [6, 6.07) is 15.1. The minimum absolute atomic E-state index is 0.0443. The van der Waals surface area contributed by atoms with Crippen molar-refractivity contribution < 1.29 is 19.1 Å². The van der Waals surface area contributed by atoms with Gasteiger partial charge >= 0.3 is 6.09 Å². The van der Waals surface area contributed by atoms with Gasteiger partial charge in [-0.05, 0) is 75.4 Å². The molecule has 0 aromatic heterocycles. The van der Waals surface area contributed by atoms with Crippen LogP contribution in [0.3, 0.4) is 0 Å². The van der Waals surface area contributed by atoms with Crippen LogP contribution in [-0.2, 0) is 14.3 Å². The molecule has 0 saturated carbocycles. The number of hydrogen-bond acceptors (Lipinski definition) is 4. The Morgan fingerprint density at radius 2 is 1.88 bits per heavy atom. The maximum absolute atomic E-state index is 14.6. The number of piperidine rings is 1. The van der Waals surface area contributed by atoms with E-state index in [4.69, 9.17) is 32.7 Å². The van der Waals surface area contributed by atoms with Crippen LogP contribution in [0.4, 0.5) is 4.79 Å². The average Bonchev–Trinajstić information content (AvgIpc) is 2.91. The van der Waals surface area contributed by atoms with Gasteiger partial charge in [-0.3, -0.25) is 4.79 Å². The molecule has 0 N–H and O–H groups in total. The lowest BCUT2D eigenvalue weighted by Gasteiger charge is -2.54. The highest BCUT2D eigenvalue weighted by atomic mass is 35.5. The molecule has 0 spiro atoms. The van der Waals surface area contributed by atoms with Gasteiger partial charge in [-0.15, -0.1) is 6.58 Å². The maximum Gasteiger partial charge on any atom is 0.410 e. The first kappa shape index (κ1) is 31.4. The average molecular weight is 602 g/mol. The second-order valence-electron chi connectivity index (χ2n) is 12.4. The molecule has 0 bridgehead atoms. The van der Waals surface area contributed by atoms with Crippen LogP contribution in [0, 0.1) is 5.41 Å². The Balaban J connectivity index is 1.81. The molecule has 2 amide bonds. The minimum Gasteiger partial charge on any atom is -0.444 e. The van der Waals surface area contributed by atoms with Gasteiger partial charge in [-0.1, -0.05) is 67.4 Å². The SMILES string of the molecule is C=CC[C@@]1(C)C[C@H](c2cccc(Cl)c2)[C@@H](c2ccc(Cl)cc2)N([C@@H](CC)[C@@H]2CN(C(=O)OC(C)(C)C)CCO2)C1=O. The fourth-order valence-electron chi connectivity index (χ4n) is 6.29. The van der Waals surface area contributed by atoms with Crippen molar-refractivity contribution in [2.45, 2.75) is 83.6 Å². The zero-order chi connectivity index (χ0) is 29.9. The molecule has 8 heteroatoms. The van der Waals surface area contributed by atoms with E-state index in [1.165, 1.54) is 0 Å². The van der Waals surface area contributed by atoms with Crippen molar-refractivity contribution in [3.63, 3.8) is 0 Å². The smallest absolute Gasteiger partial charge is 0.410 e. The van der Waals surface area contributed by atoms with E-state index in [9.17, 15) is 9.59 Å². The molecule has 2 aromatic rings. The topological polar surface area (TPSA) is 59.1 Å². The molecular weight excluding hydrogens is 559 g/mol. The minimum atomic E-state index is -0.676. The Morgan fingerprint density at radius 3 is 2.49 bits per heavy atom. The van der Waals surface area contributed by atoms with E-state index < -0.39 is 11.0 Å². The Labute approximate surface area is 254 Å². The lowest BCUT2D eigenvalue weighted by Crippen LogP contribution is -2.61. The van der Waals surface area contributed by atoms with Crippen LogP contribution < -0.4 is 0 Å². The lowest BCUT2D eigenvalue weighted by molar-refractivity contribution is -0.163. The number of hydrogen-bond donors (Lipinski definition) is 0. The second kappa shape index (κ2) is 12.8. The van der Waals surface area contributed by atoms with Gasteiger partial charge in [0.25, 0.3) is 0 Å². The van der Waals surface area contributed by atoms with Gasteiger partial charge in [0.05, 0.1) is 36.8 Å². The number of ether oxygens (including phenoxy) is 2. The van der Waals surface area contributed by atoms with Crippen molar-refractivity contribution in [3.8, 4) is 0 Å². The first-order valence-electron chi connectivity index (χ1n) is 14.4. The molecule has 4 rings (SSSR count). The molecule has 6 nitrogen and oxygen atoms in total. The third-order valence-corrected chi connectivity index (χ3v) is 8.62. The summed E-state index contributed by atoms with van der Waals surface area (Å²) in [6.45, 7) is 14.8. The molecule has 0 unspecified atom stereocenters. The van der Waals surface area contributed by atoms with Crippen molar-refractivity contribution in [2.24, 2.45) is 5.41 Å². The molecule has 2 heterocycles. The summed E-state index contributed by atoms with van der Waals surface area (Å²) in [4.78, 5) is 31.4. The monoisotopic (exact) mass is 600 g/mol. The van der Waals surface area contributed by atoms with E-state index in [2.05, 4.69) is 19.6 Å². The molecule has 2 aromatic carbocycles. The van der Waals surface area contributed by atoms with Crippen molar-refractivity contribution in [1.82, 2.24) is 9.80 Å². The highest BCUT2D eigenvalue weighted by Gasteiger charge is 2.52. The summed E-state index contributed by atoms with van der Waals surface area (Å²) in [5.41, 5.74) is 0.783. The molecule has 5 atom stereocenters. The molecule has 2 aliphatic heterocycles. The van der Waals surface area contributed by atoms with E-state index in [1.807, 2.05) is 81.1 Å². The van der Waals surface area contributed by atoms with Crippen LogP contribution in [0.2, 0.25) is 10.0 Å². The van der Waals surface area contributed by atoms with E-state index in [0.717, 1.165) is 11.1 Å². The van der Waals surface area contributed by atoms with E-state index in [0.29, 0.717) is 49.0 Å². The number of morpholine rings is 1. The summed E-state index contributed by atoms with van der Waals surface area (Å²) in [6.07, 6.45) is 2.90. The second-order valence-corrected chi connectivity index (χ2v) is 13.3. The van der Waals surface area contributed by atoms with E-state index >= 15 is 0 Å². The van der Waals surface area contributed by atoms with Crippen LogP contribution in [0.1, 0.15) is 77.0 Å². The third kappa shape index (κ3) is 7.10. The Hall–Kier alpha value is -2.54. The van der Waals surface area contributed by atoms with Gasteiger partial charge in [0.2, 0.25) is 5.91 Å². The summed E-state index contributed by atoms with van der Waals surface area (Å²) in [7, 11) is 0. The van der Waals surface area contributed by atoms with Crippen molar-refractivity contribution >= 4 is 35.2 Å². The van der Waals surface area contributed by atoms with Crippen LogP contribution in [0.5, 0.6) is 0 Å². The predicted molar refractivity (Wildman–Crippen MR) is 164 cm³/mol. The van der Waals surface area contributed by atoms with Crippen molar-refractivity contribution in [1.29, 1.82) is 0 Å². The zero-order valence-corrected chi connectivity index (χ0v) is 26.3. The molecule has 2 aliphatic rings. The Morgan fingerprint density at radius 1 is 1.17 bits per heavy atom. The summed E-state index contributed by atoms with van der Waals surface area (Å²) < 4.78 is 12.0. The van der Waals surface area contributed by atoms with Gasteiger partial charge in [0, 0.05) is 22.5 Å². The highest BCUT2D eigenvalue weighted by Crippen LogP contribution is 2.52. The fourth-order valence-corrected chi connectivity index (χ4v) is 6.62. The highest BCUT2D eigenvalue weighted by molar-refractivity contribution is 6.30. The number of allylic oxidation sites excluding steroid dienone is 1. The maximum atomic E-state index is 14.6. The number of rotatable bonds is 7. The van der Waals surface area contributed by atoms with Gasteiger partial charge < -0.3 is 19.3 Å². The molecule has 41 heavy (non-hydrogen) atoms. The zero-order valence-electron chi connectivity index (χ0n) is 24.7. The Kier molecular flexibility index (Phi) is 9.77. The van der Waals surface area contributed by atoms with Crippen LogP contribution in [-0.4, -0.2) is 59.2 Å². The van der Waals surface area contributed by atoms with E-state index in [1.54, 1.807) is 4.90 Å². The number of carbonyl (C=O) groups excluding carboxylic acids is 2. The first-order chi connectivity index (χ1) is 19.4. The van der Waals surface area contributed by atoms with Gasteiger partial charge in [-0.2, -0.15) is 0 Å². The summed E-state index contributed by atoms with van der Waals surface area (Å²) >= 11 is 12.8. The largest absolute Gasteiger partial charge is 0.444 e. The molecule has 0 radical (unpaired) electrons. The third-order valence-electron chi connectivity index (χ3n) is 8.14. The predicted octanol–water partition coefficient (Wildman–Crippen LogP) is 8.05. The molecule has 0 aliphatic carbocycles. The van der Waals surface area contributed by atoms with Gasteiger partial charge in [-0.25, -0.2) is 4.79 Å². The number of halogens is 2. The normalized spacial score (nSPS) is 26.0. The Bertz CT molecular complexity index is 1240. The first-order valence-corrected chi connectivity index (χ1v) is 15.2. The standard InChI is InChI=1S/C33H42Cl2N2O4/c1-7-16-33(6)20-26(23-10-9-11-25(35)19-23)29(22-12-14-24(34)15-13-22)37(30(33)38)27(8-2)28-21-36(17-18-40-28)31(39)41-32(3,4)5/h7,9-15,19,26-29H,1,8,16-18,20-21H2,2-6H3/t26-,27+,28+,29-,33+/m1/s1. The van der Waals surface area contributed by atoms with Crippen LogP contribution >= 0.6 is 23.2 Å². The molecule has 2 fully saturated rings. The number of nitrogens with zero attached hydrogens (tertiary/aromatic N) is 2. The fraction of sp³-hybridized carbons (Fsp3) is 0.515. The van der Waals surface area contributed by atoms with Gasteiger partial charge in [0.15, 0.2) is 0 Å². The van der Waals surface area contributed by atoms with Crippen molar-refractivity contribution in [2.75, 3.05) is 19.7 Å². The number of carbonyl (C=O) groups is 2. The van der Waals surface area contributed by atoms with E-state index in [-0.39, 0.29) is 36.1 Å². The number of likely N-dealkylation sites (tertiary alicyclic amines) is 1. The number of amides is 2. The summed E-state index contributed by atoms with van der Waals surface area (Å²) in [5, 5.41) is 1.29. The van der Waals surface area contributed by atoms with Crippen molar-refractivity contribution in [3.05, 3.63) is 82.4 Å². The van der Waals surface area contributed by atoms with Gasteiger partial charge in [0.1, 0.15) is 5.60 Å². The number of benzene rings is 2. The molecule has 2 saturated heterocycles.